The number of aliphatic carboxylic acids is 1. The van der Waals surface area contributed by atoms with Crippen LogP contribution in [0, 0.1) is 11.8 Å². The second-order valence-corrected chi connectivity index (χ2v) is 7.52. The van der Waals surface area contributed by atoms with Crippen molar-refractivity contribution in [3.05, 3.63) is 41.0 Å². The maximum Gasteiger partial charge on any atom is 0.490 e. The van der Waals surface area contributed by atoms with Crippen LogP contribution in [0.5, 0.6) is 0 Å². The average Bonchev–Trinajstić information content (AvgIpc) is 2.67. The molecule has 1 aromatic carbocycles. The minimum absolute atomic E-state index is 0.146. The van der Waals surface area contributed by atoms with Gasteiger partial charge < -0.3 is 10.8 Å². The third-order valence-electron chi connectivity index (χ3n) is 4.95. The van der Waals surface area contributed by atoms with Crippen LogP contribution < -0.4 is 5.73 Å². The van der Waals surface area contributed by atoms with Crippen molar-refractivity contribution in [3.8, 4) is 0 Å². The predicted molar refractivity (Wildman–Crippen MR) is 104 cm³/mol. The molecule has 1 heterocycles. The molecule has 0 saturated heterocycles. The Labute approximate surface area is 171 Å². The molecule has 0 radical (unpaired) electrons. The van der Waals surface area contributed by atoms with Crippen LogP contribution in [0.15, 0.2) is 30.3 Å². The van der Waals surface area contributed by atoms with Crippen LogP contribution in [0.4, 0.5) is 13.2 Å². The summed E-state index contributed by atoms with van der Waals surface area (Å²) in [6.45, 7) is 0.773. The third kappa shape index (κ3) is 6.97. The summed E-state index contributed by atoms with van der Waals surface area (Å²) in [5, 5.41) is 8.78. The molecule has 0 unspecified atom stereocenters. The fourth-order valence-electron chi connectivity index (χ4n) is 3.29. The Bertz CT molecular complexity index is 866. The van der Waals surface area contributed by atoms with E-state index in [4.69, 9.17) is 27.2 Å². The molecule has 0 amide bonds. The van der Waals surface area contributed by atoms with Gasteiger partial charge in [0.25, 0.3) is 0 Å². The molecule has 2 aromatic rings. The van der Waals surface area contributed by atoms with Gasteiger partial charge in [0.2, 0.25) is 0 Å². The summed E-state index contributed by atoms with van der Waals surface area (Å²) in [6.07, 6.45) is 0.0349. The molecule has 9 heteroatoms. The number of aromatic nitrogens is 1. The summed E-state index contributed by atoms with van der Waals surface area (Å²) < 4.78 is 31.7. The van der Waals surface area contributed by atoms with E-state index in [0.717, 1.165) is 43.1 Å². The number of hydrogen-bond donors (Lipinski definition) is 2. The quantitative estimate of drug-likeness (QED) is 0.675. The smallest absolute Gasteiger partial charge is 0.475 e. The highest BCUT2D eigenvalue weighted by molar-refractivity contribution is 6.31. The summed E-state index contributed by atoms with van der Waals surface area (Å²) in [4.78, 5) is 25.8. The van der Waals surface area contributed by atoms with E-state index >= 15 is 0 Å². The fourth-order valence-corrected chi connectivity index (χ4v) is 3.47. The maximum absolute atomic E-state index is 12.5. The van der Waals surface area contributed by atoms with Gasteiger partial charge in [-0.3, -0.25) is 4.79 Å². The van der Waals surface area contributed by atoms with Gasteiger partial charge in [-0.15, -0.1) is 0 Å². The molecule has 158 valence electrons. The Kier molecular flexibility index (Phi) is 7.98. The van der Waals surface area contributed by atoms with E-state index in [1.54, 1.807) is 6.07 Å². The van der Waals surface area contributed by atoms with Crippen molar-refractivity contribution in [2.24, 2.45) is 17.6 Å². The van der Waals surface area contributed by atoms with Gasteiger partial charge in [0.05, 0.1) is 5.52 Å². The van der Waals surface area contributed by atoms with Crippen LogP contribution in [0.2, 0.25) is 5.02 Å². The van der Waals surface area contributed by atoms with Gasteiger partial charge in [-0.1, -0.05) is 17.7 Å². The highest BCUT2D eigenvalue weighted by atomic mass is 35.5. The highest BCUT2D eigenvalue weighted by Gasteiger charge is 2.38. The molecular formula is C20H22ClF3N2O3. The van der Waals surface area contributed by atoms with Crippen molar-refractivity contribution in [3.63, 3.8) is 0 Å². The summed E-state index contributed by atoms with van der Waals surface area (Å²) in [6, 6.07) is 9.27. The summed E-state index contributed by atoms with van der Waals surface area (Å²) in [5.74, 6) is -1.48. The molecule has 0 aliphatic heterocycles. The van der Waals surface area contributed by atoms with E-state index in [-0.39, 0.29) is 5.78 Å². The second kappa shape index (κ2) is 10.0. The summed E-state index contributed by atoms with van der Waals surface area (Å²) >= 11 is 5.97. The fraction of sp³-hybridized carbons (Fsp3) is 0.450. The number of pyridine rings is 1. The molecular weight excluding hydrogens is 409 g/mol. The van der Waals surface area contributed by atoms with Gasteiger partial charge in [0.15, 0.2) is 5.78 Å². The Morgan fingerprint density at radius 2 is 1.69 bits per heavy atom. The molecule has 1 aliphatic carbocycles. The normalized spacial score (nSPS) is 19.3. The number of ketones is 1. The SMILES string of the molecule is NC[C@H]1CC[C@H](CC(=O)c2ccc3cc(Cl)ccc3n2)CC1.O=C(O)C(F)(F)F. The first-order valence-corrected chi connectivity index (χ1v) is 9.57. The lowest BCUT2D eigenvalue weighted by Crippen LogP contribution is -2.23. The predicted octanol–water partition coefficient (Wildman–Crippen LogP) is 4.86. The Morgan fingerprint density at radius 1 is 1.10 bits per heavy atom. The number of fused-ring (bicyclic) bond motifs is 1. The standard InChI is InChI=1S/C18H21ClN2O.C2HF3O2/c19-15-6-8-16-14(10-15)5-7-17(21-16)18(22)9-12-1-3-13(11-20)4-2-12;3-2(4,5)1(6)7/h5-8,10,12-13H,1-4,9,11,20H2;(H,6,7)/t12-,13-;. The lowest BCUT2D eigenvalue weighted by Gasteiger charge is -2.27. The highest BCUT2D eigenvalue weighted by Crippen LogP contribution is 2.31. The van der Waals surface area contributed by atoms with E-state index in [9.17, 15) is 18.0 Å². The van der Waals surface area contributed by atoms with Crippen LogP contribution in [0.1, 0.15) is 42.6 Å². The number of halogens is 4. The van der Waals surface area contributed by atoms with Gasteiger partial charge in [0, 0.05) is 16.8 Å². The number of carbonyl (C=O) groups is 2. The van der Waals surface area contributed by atoms with E-state index in [1.165, 1.54) is 0 Å². The Balaban J connectivity index is 0.000000370. The van der Waals surface area contributed by atoms with Gasteiger partial charge in [-0.2, -0.15) is 13.2 Å². The molecule has 0 spiro atoms. The average molecular weight is 431 g/mol. The number of Topliss-reactive ketones (excluding diaryl/α,β-unsaturated/α-hetero) is 1. The largest absolute Gasteiger partial charge is 0.490 e. The van der Waals surface area contributed by atoms with Gasteiger partial charge in [-0.25, -0.2) is 9.78 Å². The van der Waals surface area contributed by atoms with E-state index in [0.29, 0.717) is 29.0 Å². The van der Waals surface area contributed by atoms with Gasteiger partial charge in [0.1, 0.15) is 5.69 Å². The minimum atomic E-state index is -5.08. The van der Waals surface area contributed by atoms with Crippen LogP contribution in [-0.4, -0.2) is 34.6 Å². The molecule has 3 rings (SSSR count). The van der Waals surface area contributed by atoms with Crippen LogP contribution in [0.25, 0.3) is 10.9 Å². The molecule has 1 fully saturated rings. The lowest BCUT2D eigenvalue weighted by molar-refractivity contribution is -0.192. The number of rotatable bonds is 4. The van der Waals surface area contributed by atoms with Crippen LogP contribution in [0.3, 0.4) is 0 Å². The van der Waals surface area contributed by atoms with Crippen molar-refractivity contribution < 1.29 is 27.9 Å². The number of nitrogens with zero attached hydrogens (tertiary/aromatic N) is 1. The first kappa shape index (κ1) is 23.1. The molecule has 29 heavy (non-hydrogen) atoms. The molecule has 1 aliphatic rings. The maximum atomic E-state index is 12.5. The number of nitrogens with two attached hydrogens (primary N) is 1. The van der Waals surface area contributed by atoms with Crippen LogP contribution in [-0.2, 0) is 4.79 Å². The van der Waals surface area contributed by atoms with Gasteiger partial charge in [-0.05, 0) is 68.3 Å². The third-order valence-corrected chi connectivity index (χ3v) is 5.19. The number of alkyl halides is 3. The van der Waals surface area contributed by atoms with E-state index < -0.39 is 12.1 Å². The monoisotopic (exact) mass is 430 g/mol. The first-order chi connectivity index (χ1) is 13.6. The molecule has 5 nitrogen and oxygen atoms in total. The molecule has 3 N–H and O–H groups in total. The second-order valence-electron chi connectivity index (χ2n) is 7.09. The Morgan fingerprint density at radius 3 is 2.24 bits per heavy atom. The molecule has 1 aromatic heterocycles. The number of carbonyl (C=O) groups excluding carboxylic acids is 1. The molecule has 0 bridgehead atoms. The summed E-state index contributed by atoms with van der Waals surface area (Å²) in [7, 11) is 0. The topological polar surface area (TPSA) is 93.3 Å². The minimum Gasteiger partial charge on any atom is -0.475 e. The van der Waals surface area contributed by atoms with E-state index in [1.807, 2.05) is 24.3 Å². The van der Waals surface area contributed by atoms with Crippen molar-refractivity contribution in [1.29, 1.82) is 0 Å². The number of carboxylic acids is 1. The van der Waals surface area contributed by atoms with Crippen molar-refractivity contribution in [1.82, 2.24) is 4.98 Å². The summed E-state index contributed by atoms with van der Waals surface area (Å²) in [5.41, 5.74) is 7.11. The van der Waals surface area contributed by atoms with Crippen molar-refractivity contribution in [2.75, 3.05) is 6.54 Å². The van der Waals surface area contributed by atoms with E-state index in [2.05, 4.69) is 4.98 Å². The lowest BCUT2D eigenvalue weighted by atomic mass is 9.79. The van der Waals surface area contributed by atoms with Crippen molar-refractivity contribution in [2.45, 2.75) is 38.3 Å². The zero-order valence-corrected chi connectivity index (χ0v) is 16.3. The van der Waals surface area contributed by atoms with Gasteiger partial charge >= 0.3 is 12.1 Å². The first-order valence-electron chi connectivity index (χ1n) is 9.20. The zero-order valence-electron chi connectivity index (χ0n) is 15.6. The number of carboxylic acid groups (broad SMARTS) is 1. The Hall–Kier alpha value is -2.19. The van der Waals surface area contributed by atoms with Crippen LogP contribution >= 0.6 is 11.6 Å². The molecule has 1 saturated carbocycles. The number of benzene rings is 1. The molecule has 0 atom stereocenters. The number of hydrogen-bond acceptors (Lipinski definition) is 4. The van der Waals surface area contributed by atoms with Crippen molar-refractivity contribution >= 4 is 34.3 Å². The zero-order chi connectivity index (χ0) is 21.6.